The maximum atomic E-state index is 12.0. The fourth-order valence-electron chi connectivity index (χ4n) is 2.33. The third-order valence-electron chi connectivity index (χ3n) is 3.51. The number of carbonyl (C=O) groups is 1. The first-order chi connectivity index (χ1) is 9.40. The molecule has 3 heteroatoms. The van der Waals surface area contributed by atoms with Gasteiger partial charge < -0.3 is 10.2 Å². The van der Waals surface area contributed by atoms with Crippen LogP contribution in [0.25, 0.3) is 0 Å². The number of para-hydroxylation sites is 1. The van der Waals surface area contributed by atoms with E-state index in [-0.39, 0.29) is 11.3 Å². The molecule has 0 bridgehead atoms. The van der Waals surface area contributed by atoms with Crippen LogP contribution >= 0.6 is 0 Å². The van der Waals surface area contributed by atoms with Crippen molar-refractivity contribution in [3.63, 3.8) is 0 Å². The largest absolute Gasteiger partial charge is 0.384 e. The standard InChI is InChI=1S/C17H28N2O/c1-6-19(7-2)16(20)12-13-18-15-11-9-8-10-14(15)17(3,4)5/h8-11,18H,6-7,12-13H2,1-5H3. The van der Waals surface area contributed by atoms with Crippen LogP contribution < -0.4 is 5.32 Å². The number of carbonyl (C=O) groups excluding carboxylic acids is 1. The average Bonchev–Trinajstić information content (AvgIpc) is 2.39. The topological polar surface area (TPSA) is 32.3 Å². The minimum Gasteiger partial charge on any atom is -0.384 e. The number of anilines is 1. The number of hydrogen-bond acceptors (Lipinski definition) is 2. The minimum absolute atomic E-state index is 0.104. The Bertz CT molecular complexity index is 431. The lowest BCUT2D eigenvalue weighted by molar-refractivity contribution is -0.130. The summed E-state index contributed by atoms with van der Waals surface area (Å²) in [4.78, 5) is 13.8. The third kappa shape index (κ3) is 4.55. The minimum atomic E-state index is 0.104. The van der Waals surface area contributed by atoms with Gasteiger partial charge in [-0.15, -0.1) is 0 Å². The number of nitrogens with zero attached hydrogens (tertiary/aromatic N) is 1. The Morgan fingerprint density at radius 1 is 1.15 bits per heavy atom. The Kier molecular flexibility index (Phi) is 6.05. The molecular weight excluding hydrogens is 248 g/mol. The summed E-state index contributed by atoms with van der Waals surface area (Å²) in [6.45, 7) is 12.9. The summed E-state index contributed by atoms with van der Waals surface area (Å²) in [7, 11) is 0. The average molecular weight is 276 g/mol. The molecule has 112 valence electrons. The van der Waals surface area contributed by atoms with Gasteiger partial charge in [0.2, 0.25) is 5.91 Å². The Balaban J connectivity index is 2.61. The van der Waals surface area contributed by atoms with Gasteiger partial charge in [-0.1, -0.05) is 39.0 Å². The molecule has 0 atom stereocenters. The summed E-state index contributed by atoms with van der Waals surface area (Å²) in [5.41, 5.74) is 2.52. The first-order valence-corrected chi connectivity index (χ1v) is 7.51. The van der Waals surface area contributed by atoms with Crippen molar-refractivity contribution >= 4 is 11.6 Å². The van der Waals surface area contributed by atoms with Crippen LogP contribution in [0.3, 0.4) is 0 Å². The van der Waals surface area contributed by atoms with Crippen molar-refractivity contribution in [2.75, 3.05) is 25.0 Å². The number of nitrogens with one attached hydrogen (secondary N) is 1. The summed E-state index contributed by atoms with van der Waals surface area (Å²) in [6, 6.07) is 8.33. The summed E-state index contributed by atoms with van der Waals surface area (Å²) in [6.07, 6.45) is 0.542. The number of amides is 1. The van der Waals surface area contributed by atoms with E-state index in [1.165, 1.54) is 5.56 Å². The quantitative estimate of drug-likeness (QED) is 0.860. The van der Waals surface area contributed by atoms with Crippen LogP contribution in [-0.2, 0) is 10.2 Å². The van der Waals surface area contributed by atoms with Gasteiger partial charge in [0.1, 0.15) is 0 Å². The fourth-order valence-corrected chi connectivity index (χ4v) is 2.33. The van der Waals surface area contributed by atoms with E-state index in [9.17, 15) is 4.79 Å². The van der Waals surface area contributed by atoms with E-state index in [0.29, 0.717) is 13.0 Å². The van der Waals surface area contributed by atoms with Crippen molar-refractivity contribution in [1.82, 2.24) is 4.90 Å². The smallest absolute Gasteiger partial charge is 0.224 e. The molecule has 0 aliphatic heterocycles. The van der Waals surface area contributed by atoms with Gasteiger partial charge in [-0.2, -0.15) is 0 Å². The molecule has 0 radical (unpaired) electrons. The van der Waals surface area contributed by atoms with Gasteiger partial charge in [-0.25, -0.2) is 0 Å². The number of benzene rings is 1. The molecule has 0 saturated carbocycles. The van der Waals surface area contributed by atoms with E-state index < -0.39 is 0 Å². The van der Waals surface area contributed by atoms with Crippen LogP contribution in [-0.4, -0.2) is 30.4 Å². The van der Waals surface area contributed by atoms with E-state index >= 15 is 0 Å². The molecule has 0 aromatic heterocycles. The normalized spacial score (nSPS) is 11.2. The van der Waals surface area contributed by atoms with Crippen LogP contribution in [0.2, 0.25) is 0 Å². The van der Waals surface area contributed by atoms with Crippen molar-refractivity contribution in [1.29, 1.82) is 0 Å². The number of rotatable bonds is 6. The lowest BCUT2D eigenvalue weighted by Gasteiger charge is -2.24. The molecule has 0 heterocycles. The van der Waals surface area contributed by atoms with Gasteiger partial charge in [-0.3, -0.25) is 4.79 Å². The SMILES string of the molecule is CCN(CC)C(=O)CCNc1ccccc1C(C)(C)C. The Labute approximate surface area is 123 Å². The molecule has 1 N–H and O–H groups in total. The molecule has 0 saturated heterocycles. The summed E-state index contributed by atoms with van der Waals surface area (Å²) >= 11 is 0. The number of hydrogen-bond donors (Lipinski definition) is 1. The van der Waals surface area contributed by atoms with Crippen molar-refractivity contribution in [3.8, 4) is 0 Å². The predicted octanol–water partition coefficient (Wildman–Crippen LogP) is 3.65. The Morgan fingerprint density at radius 2 is 1.75 bits per heavy atom. The zero-order valence-corrected chi connectivity index (χ0v) is 13.5. The van der Waals surface area contributed by atoms with Crippen LogP contribution in [0.5, 0.6) is 0 Å². The molecule has 1 amide bonds. The highest BCUT2D eigenvalue weighted by molar-refractivity contribution is 5.76. The zero-order chi connectivity index (χ0) is 15.2. The second-order valence-electron chi connectivity index (χ2n) is 6.04. The molecule has 1 aromatic carbocycles. The highest BCUT2D eigenvalue weighted by Crippen LogP contribution is 2.29. The van der Waals surface area contributed by atoms with E-state index in [2.05, 4.69) is 44.3 Å². The fraction of sp³-hybridized carbons (Fsp3) is 0.588. The molecule has 1 aromatic rings. The first kappa shape index (κ1) is 16.5. The van der Waals surface area contributed by atoms with Crippen LogP contribution in [0.4, 0.5) is 5.69 Å². The highest BCUT2D eigenvalue weighted by Gasteiger charge is 2.17. The molecule has 1 rings (SSSR count). The van der Waals surface area contributed by atoms with Crippen LogP contribution in [0.1, 0.15) is 46.6 Å². The lowest BCUT2D eigenvalue weighted by Crippen LogP contribution is -2.31. The summed E-state index contributed by atoms with van der Waals surface area (Å²) in [5.74, 6) is 0.218. The molecule has 0 aliphatic rings. The molecule has 0 spiro atoms. The molecular formula is C17H28N2O. The maximum absolute atomic E-state index is 12.0. The van der Waals surface area contributed by atoms with Crippen molar-refractivity contribution < 1.29 is 4.79 Å². The van der Waals surface area contributed by atoms with Crippen LogP contribution in [0.15, 0.2) is 24.3 Å². The van der Waals surface area contributed by atoms with Crippen molar-refractivity contribution in [2.24, 2.45) is 0 Å². The molecule has 20 heavy (non-hydrogen) atoms. The second-order valence-corrected chi connectivity index (χ2v) is 6.04. The third-order valence-corrected chi connectivity index (χ3v) is 3.51. The Hall–Kier alpha value is -1.51. The predicted molar refractivity (Wildman–Crippen MR) is 86.2 cm³/mol. The van der Waals surface area contributed by atoms with Gasteiger partial charge in [0.25, 0.3) is 0 Å². The van der Waals surface area contributed by atoms with Gasteiger partial charge in [0, 0.05) is 31.7 Å². The van der Waals surface area contributed by atoms with Gasteiger partial charge >= 0.3 is 0 Å². The second kappa shape index (κ2) is 7.32. The molecule has 0 aliphatic carbocycles. The van der Waals surface area contributed by atoms with E-state index in [1.54, 1.807) is 0 Å². The van der Waals surface area contributed by atoms with Crippen LogP contribution in [0, 0.1) is 0 Å². The van der Waals surface area contributed by atoms with Gasteiger partial charge in [-0.05, 0) is 30.9 Å². The van der Waals surface area contributed by atoms with E-state index in [4.69, 9.17) is 0 Å². The summed E-state index contributed by atoms with van der Waals surface area (Å²) in [5, 5.41) is 3.41. The molecule has 3 nitrogen and oxygen atoms in total. The Morgan fingerprint density at radius 3 is 2.30 bits per heavy atom. The lowest BCUT2D eigenvalue weighted by atomic mass is 9.86. The molecule has 0 fully saturated rings. The zero-order valence-electron chi connectivity index (χ0n) is 13.5. The highest BCUT2D eigenvalue weighted by atomic mass is 16.2. The van der Waals surface area contributed by atoms with E-state index in [1.807, 2.05) is 24.8 Å². The van der Waals surface area contributed by atoms with Crippen molar-refractivity contribution in [3.05, 3.63) is 29.8 Å². The van der Waals surface area contributed by atoms with Crippen molar-refractivity contribution in [2.45, 2.75) is 46.5 Å². The molecule has 0 unspecified atom stereocenters. The van der Waals surface area contributed by atoms with Gasteiger partial charge in [0.15, 0.2) is 0 Å². The maximum Gasteiger partial charge on any atom is 0.224 e. The monoisotopic (exact) mass is 276 g/mol. The summed E-state index contributed by atoms with van der Waals surface area (Å²) < 4.78 is 0. The first-order valence-electron chi connectivity index (χ1n) is 7.51. The van der Waals surface area contributed by atoms with E-state index in [0.717, 1.165) is 18.8 Å². The van der Waals surface area contributed by atoms with Gasteiger partial charge in [0.05, 0.1) is 0 Å².